The number of nitriles is 1. The summed E-state index contributed by atoms with van der Waals surface area (Å²) in [6.45, 7) is 7.18. The summed E-state index contributed by atoms with van der Waals surface area (Å²) in [7, 11) is 0. The quantitative estimate of drug-likeness (QED) is 0.518. The van der Waals surface area contributed by atoms with E-state index < -0.39 is 6.10 Å². The summed E-state index contributed by atoms with van der Waals surface area (Å²) in [5.41, 5.74) is 4.47. The van der Waals surface area contributed by atoms with Crippen molar-refractivity contribution in [3.8, 4) is 28.3 Å². The number of pyridine rings is 1. The molecule has 3 aromatic rings. The predicted octanol–water partition coefficient (Wildman–Crippen LogP) is 5.84. The number of nitrogens with zero attached hydrogens (tertiary/aromatic N) is 3. The molecule has 0 atom stereocenters. The summed E-state index contributed by atoms with van der Waals surface area (Å²) in [6.07, 6.45) is 2.42. The van der Waals surface area contributed by atoms with Crippen LogP contribution in [-0.4, -0.2) is 40.1 Å². The van der Waals surface area contributed by atoms with Gasteiger partial charge in [-0.2, -0.15) is 5.26 Å². The number of aromatic nitrogens is 1. The molecule has 1 N–H and O–H groups in total. The first-order valence-electron chi connectivity index (χ1n) is 11.5. The maximum atomic E-state index is 13.7. The number of hydrogen-bond donors (Lipinski definition) is 1. The minimum Gasteiger partial charge on any atom is -0.393 e. The average molecular weight is 474 g/mol. The van der Waals surface area contributed by atoms with E-state index in [0.717, 1.165) is 22.4 Å². The zero-order valence-corrected chi connectivity index (χ0v) is 20.4. The second-order valence-corrected chi connectivity index (χ2v) is 10.1. The van der Waals surface area contributed by atoms with Gasteiger partial charge in [-0.3, -0.25) is 9.78 Å². The summed E-state index contributed by atoms with van der Waals surface area (Å²) in [6, 6.07) is 17.3. The Balaban J connectivity index is 1.94. The molecule has 1 amide bonds. The van der Waals surface area contributed by atoms with Crippen LogP contribution in [0.25, 0.3) is 22.3 Å². The molecule has 4 rings (SSSR count). The van der Waals surface area contributed by atoms with E-state index in [4.69, 9.17) is 11.6 Å². The van der Waals surface area contributed by atoms with E-state index in [2.05, 4.69) is 31.8 Å². The van der Waals surface area contributed by atoms with Gasteiger partial charge in [0.25, 0.3) is 5.91 Å². The number of rotatable bonds is 3. The predicted molar refractivity (Wildman–Crippen MR) is 135 cm³/mol. The fourth-order valence-corrected chi connectivity index (χ4v) is 4.52. The SMILES string of the molecule is CC(C)(C)c1cc(-c2cc(-c3ccccc3Cl)cc(C#N)c2C(=O)N2CCC(O)CC2)ccn1. The Morgan fingerprint density at radius 1 is 1.09 bits per heavy atom. The second-order valence-electron chi connectivity index (χ2n) is 9.74. The van der Waals surface area contributed by atoms with Gasteiger partial charge in [0.05, 0.1) is 17.2 Å². The van der Waals surface area contributed by atoms with Crippen molar-refractivity contribution in [2.45, 2.75) is 45.1 Å². The van der Waals surface area contributed by atoms with Crippen LogP contribution in [0.15, 0.2) is 54.7 Å². The lowest BCUT2D eigenvalue weighted by Crippen LogP contribution is -2.40. The number of halogens is 1. The van der Waals surface area contributed by atoms with Crippen LogP contribution >= 0.6 is 11.6 Å². The molecule has 1 fully saturated rings. The molecule has 0 spiro atoms. The van der Waals surface area contributed by atoms with Gasteiger partial charge in [-0.15, -0.1) is 0 Å². The molecule has 174 valence electrons. The topological polar surface area (TPSA) is 77.2 Å². The zero-order chi connectivity index (χ0) is 24.5. The van der Waals surface area contributed by atoms with Gasteiger partial charge < -0.3 is 10.0 Å². The van der Waals surface area contributed by atoms with Crippen molar-refractivity contribution < 1.29 is 9.90 Å². The second kappa shape index (κ2) is 9.58. The minimum atomic E-state index is -0.393. The maximum absolute atomic E-state index is 13.7. The average Bonchev–Trinajstić information content (AvgIpc) is 2.83. The van der Waals surface area contributed by atoms with Gasteiger partial charge in [0.15, 0.2) is 0 Å². The lowest BCUT2D eigenvalue weighted by Gasteiger charge is -2.30. The van der Waals surface area contributed by atoms with Crippen LogP contribution in [0, 0.1) is 11.3 Å². The van der Waals surface area contributed by atoms with Crippen molar-refractivity contribution in [2.24, 2.45) is 0 Å². The third-order valence-corrected chi connectivity index (χ3v) is 6.58. The van der Waals surface area contributed by atoms with Gasteiger partial charge >= 0.3 is 0 Å². The van der Waals surface area contributed by atoms with E-state index in [1.165, 1.54) is 0 Å². The summed E-state index contributed by atoms with van der Waals surface area (Å²) in [4.78, 5) is 20.0. The van der Waals surface area contributed by atoms with Gasteiger partial charge in [-0.25, -0.2) is 0 Å². The summed E-state index contributed by atoms with van der Waals surface area (Å²) in [5.74, 6) is -0.196. The normalized spacial score (nSPS) is 14.6. The lowest BCUT2D eigenvalue weighted by molar-refractivity contribution is 0.0547. The molecule has 1 aromatic heterocycles. The summed E-state index contributed by atoms with van der Waals surface area (Å²) in [5, 5.41) is 20.6. The molecular formula is C28H28ClN3O2. The van der Waals surface area contributed by atoms with Crippen molar-refractivity contribution in [1.29, 1.82) is 5.26 Å². The Kier molecular flexibility index (Phi) is 6.74. The van der Waals surface area contributed by atoms with Gasteiger partial charge in [0, 0.05) is 41.0 Å². The first kappa shape index (κ1) is 23.9. The molecule has 2 heterocycles. The number of carbonyl (C=O) groups excluding carboxylic acids is 1. The molecular weight excluding hydrogens is 446 g/mol. The Morgan fingerprint density at radius 2 is 1.79 bits per heavy atom. The molecule has 0 aliphatic carbocycles. The zero-order valence-electron chi connectivity index (χ0n) is 19.7. The Labute approximate surface area is 205 Å². The molecule has 2 aromatic carbocycles. The Hall–Kier alpha value is -3.20. The summed E-state index contributed by atoms with van der Waals surface area (Å²) < 4.78 is 0. The van der Waals surface area contributed by atoms with Gasteiger partial charge in [-0.1, -0.05) is 50.6 Å². The lowest BCUT2D eigenvalue weighted by atomic mass is 9.87. The highest BCUT2D eigenvalue weighted by Gasteiger charge is 2.28. The molecule has 0 unspecified atom stereocenters. The van der Waals surface area contributed by atoms with Crippen molar-refractivity contribution >= 4 is 17.5 Å². The molecule has 0 saturated carbocycles. The van der Waals surface area contributed by atoms with Crippen LogP contribution < -0.4 is 0 Å². The van der Waals surface area contributed by atoms with E-state index in [-0.39, 0.29) is 11.3 Å². The highest BCUT2D eigenvalue weighted by atomic mass is 35.5. The Morgan fingerprint density at radius 3 is 2.44 bits per heavy atom. The highest BCUT2D eigenvalue weighted by Crippen LogP contribution is 2.37. The number of aliphatic hydroxyl groups excluding tert-OH is 1. The summed E-state index contributed by atoms with van der Waals surface area (Å²) >= 11 is 6.48. The minimum absolute atomic E-state index is 0.179. The fraction of sp³-hybridized carbons (Fsp3) is 0.321. The number of hydrogen-bond acceptors (Lipinski definition) is 4. The molecule has 5 nitrogen and oxygen atoms in total. The van der Waals surface area contributed by atoms with Crippen LogP contribution in [0.2, 0.25) is 5.02 Å². The first-order chi connectivity index (χ1) is 16.2. The molecule has 1 aliphatic heterocycles. The monoisotopic (exact) mass is 473 g/mol. The third kappa shape index (κ3) is 4.84. The van der Waals surface area contributed by atoms with Crippen LogP contribution in [-0.2, 0) is 5.41 Å². The van der Waals surface area contributed by atoms with Crippen LogP contribution in [0.3, 0.4) is 0 Å². The van der Waals surface area contributed by atoms with Crippen molar-refractivity contribution in [3.05, 3.63) is 76.6 Å². The molecule has 6 heteroatoms. The first-order valence-corrected chi connectivity index (χ1v) is 11.8. The number of amides is 1. The van der Waals surface area contributed by atoms with Gasteiger partial charge in [0.2, 0.25) is 0 Å². The largest absolute Gasteiger partial charge is 0.393 e. The number of likely N-dealkylation sites (tertiary alicyclic amines) is 1. The Bertz CT molecular complexity index is 1270. The number of piperidine rings is 1. The van der Waals surface area contributed by atoms with E-state index in [9.17, 15) is 15.2 Å². The smallest absolute Gasteiger partial charge is 0.255 e. The van der Waals surface area contributed by atoms with Crippen molar-refractivity contribution in [1.82, 2.24) is 9.88 Å². The van der Waals surface area contributed by atoms with Crippen LogP contribution in [0.4, 0.5) is 0 Å². The molecule has 1 saturated heterocycles. The number of benzene rings is 2. The third-order valence-electron chi connectivity index (χ3n) is 6.25. The van der Waals surface area contributed by atoms with Gasteiger partial charge in [0.1, 0.15) is 6.07 Å². The van der Waals surface area contributed by atoms with Gasteiger partial charge in [-0.05, 0) is 59.9 Å². The van der Waals surface area contributed by atoms with E-state index in [1.54, 1.807) is 17.2 Å². The molecule has 34 heavy (non-hydrogen) atoms. The maximum Gasteiger partial charge on any atom is 0.255 e. The fourth-order valence-electron chi connectivity index (χ4n) is 4.27. The molecule has 0 bridgehead atoms. The van der Waals surface area contributed by atoms with E-state index >= 15 is 0 Å². The molecule has 0 radical (unpaired) electrons. The standard InChI is InChI=1S/C28H28ClN3O2/c1-28(2,3)25-16-18(8-11-31-25)23-15-19(22-6-4-5-7-24(22)29)14-20(17-30)26(23)27(34)32-12-9-21(33)10-13-32/h4-8,11,14-16,21,33H,9-10,12-13H2,1-3H3. The molecule has 1 aliphatic rings. The highest BCUT2D eigenvalue weighted by molar-refractivity contribution is 6.33. The van der Waals surface area contributed by atoms with Crippen LogP contribution in [0.1, 0.15) is 55.2 Å². The van der Waals surface area contributed by atoms with Crippen molar-refractivity contribution in [3.63, 3.8) is 0 Å². The van der Waals surface area contributed by atoms with E-state index in [0.29, 0.717) is 47.6 Å². The number of carbonyl (C=O) groups is 1. The number of aliphatic hydroxyl groups is 1. The van der Waals surface area contributed by atoms with Crippen molar-refractivity contribution in [2.75, 3.05) is 13.1 Å². The van der Waals surface area contributed by atoms with E-state index in [1.807, 2.05) is 42.5 Å². The van der Waals surface area contributed by atoms with Crippen LogP contribution in [0.5, 0.6) is 0 Å².